The van der Waals surface area contributed by atoms with Crippen molar-refractivity contribution in [2.75, 3.05) is 6.26 Å². The molecule has 0 saturated carbocycles. The molecule has 1 heterocycles. The Kier molecular flexibility index (Phi) is 2.66. The minimum absolute atomic E-state index is 0.114. The van der Waals surface area contributed by atoms with Crippen LogP contribution in [0, 0.1) is 0 Å². The van der Waals surface area contributed by atoms with Crippen LogP contribution in [0.1, 0.15) is 25.3 Å². The number of hydrogen-bond acceptors (Lipinski definition) is 4. The summed E-state index contributed by atoms with van der Waals surface area (Å²) in [5.74, 6) is 0.314. The number of sulfone groups is 1. The van der Waals surface area contributed by atoms with Gasteiger partial charge in [-0.1, -0.05) is 13.8 Å². The van der Waals surface area contributed by atoms with Crippen molar-refractivity contribution in [3.05, 3.63) is 18.0 Å². The highest BCUT2D eigenvalue weighted by molar-refractivity contribution is 7.90. The lowest BCUT2D eigenvalue weighted by atomic mass is 10.1. The first-order valence-electron chi connectivity index (χ1n) is 3.93. The maximum absolute atomic E-state index is 11.0. The van der Waals surface area contributed by atoms with Gasteiger partial charge in [-0.15, -0.1) is 0 Å². The van der Waals surface area contributed by atoms with Gasteiger partial charge in [-0.05, 0) is 11.5 Å². The zero-order valence-electron chi connectivity index (χ0n) is 7.85. The molecular weight excluding hydrogens is 188 g/mol. The first kappa shape index (κ1) is 10.1. The molecule has 13 heavy (non-hydrogen) atoms. The van der Waals surface area contributed by atoms with E-state index in [4.69, 9.17) is 0 Å². The standard InChI is InChI=1S/C8H12N2O2S/c1-6(2)7-4-9-8(10-5-7)13(3,11)12/h4-6H,1-3H3. The van der Waals surface area contributed by atoms with Crippen LogP contribution in [-0.2, 0) is 9.84 Å². The van der Waals surface area contributed by atoms with Crippen LogP contribution in [0.15, 0.2) is 17.6 Å². The van der Waals surface area contributed by atoms with Crippen molar-refractivity contribution < 1.29 is 8.42 Å². The Balaban J connectivity index is 3.08. The molecule has 0 aliphatic rings. The van der Waals surface area contributed by atoms with Gasteiger partial charge >= 0.3 is 0 Å². The van der Waals surface area contributed by atoms with Crippen LogP contribution >= 0.6 is 0 Å². The fourth-order valence-electron chi connectivity index (χ4n) is 0.816. The summed E-state index contributed by atoms with van der Waals surface area (Å²) in [4.78, 5) is 7.54. The van der Waals surface area contributed by atoms with Gasteiger partial charge in [0.05, 0.1) is 0 Å². The van der Waals surface area contributed by atoms with E-state index in [1.807, 2.05) is 13.8 Å². The lowest BCUT2D eigenvalue weighted by Gasteiger charge is -2.03. The van der Waals surface area contributed by atoms with E-state index in [9.17, 15) is 8.42 Å². The quantitative estimate of drug-likeness (QED) is 0.668. The second kappa shape index (κ2) is 3.41. The Labute approximate surface area is 78.0 Å². The average Bonchev–Trinajstić information content (AvgIpc) is 2.03. The topological polar surface area (TPSA) is 59.9 Å². The zero-order chi connectivity index (χ0) is 10.1. The molecule has 0 atom stereocenters. The lowest BCUT2D eigenvalue weighted by molar-refractivity contribution is 0.592. The molecule has 1 aromatic rings. The number of nitrogens with zero attached hydrogens (tertiary/aromatic N) is 2. The molecule has 1 rings (SSSR count). The first-order chi connectivity index (χ1) is 5.91. The van der Waals surface area contributed by atoms with Crippen molar-refractivity contribution in [2.24, 2.45) is 0 Å². The summed E-state index contributed by atoms with van der Waals surface area (Å²) >= 11 is 0. The predicted molar refractivity (Wildman–Crippen MR) is 49.2 cm³/mol. The van der Waals surface area contributed by atoms with E-state index in [1.54, 1.807) is 12.4 Å². The molecule has 0 unspecified atom stereocenters. The van der Waals surface area contributed by atoms with E-state index >= 15 is 0 Å². The fraction of sp³-hybridized carbons (Fsp3) is 0.500. The van der Waals surface area contributed by atoms with E-state index in [-0.39, 0.29) is 5.16 Å². The summed E-state index contributed by atoms with van der Waals surface area (Å²) in [6.07, 6.45) is 4.19. The van der Waals surface area contributed by atoms with Gasteiger partial charge in [0.1, 0.15) is 0 Å². The summed E-state index contributed by atoms with van der Waals surface area (Å²) in [5, 5.41) is -0.114. The maximum atomic E-state index is 11.0. The summed E-state index contributed by atoms with van der Waals surface area (Å²) in [5.41, 5.74) is 0.937. The Morgan fingerprint density at radius 3 is 2.00 bits per heavy atom. The van der Waals surface area contributed by atoms with Crippen LogP contribution in [0.25, 0.3) is 0 Å². The highest BCUT2D eigenvalue weighted by Crippen LogP contribution is 2.11. The fourth-order valence-corrected chi connectivity index (χ4v) is 1.30. The minimum atomic E-state index is -3.27. The van der Waals surface area contributed by atoms with Crippen molar-refractivity contribution in [2.45, 2.75) is 24.9 Å². The van der Waals surface area contributed by atoms with E-state index in [0.717, 1.165) is 11.8 Å². The highest BCUT2D eigenvalue weighted by atomic mass is 32.2. The molecule has 0 amide bonds. The monoisotopic (exact) mass is 200 g/mol. The molecule has 0 spiro atoms. The van der Waals surface area contributed by atoms with E-state index in [2.05, 4.69) is 9.97 Å². The van der Waals surface area contributed by atoms with Crippen molar-refractivity contribution in [3.63, 3.8) is 0 Å². The average molecular weight is 200 g/mol. The molecule has 0 aliphatic carbocycles. The van der Waals surface area contributed by atoms with Crippen molar-refractivity contribution in [3.8, 4) is 0 Å². The van der Waals surface area contributed by atoms with Gasteiger partial charge in [0.15, 0.2) is 0 Å². The van der Waals surface area contributed by atoms with Crippen LogP contribution < -0.4 is 0 Å². The minimum Gasteiger partial charge on any atom is -0.227 e. The third kappa shape index (κ3) is 2.48. The summed E-state index contributed by atoms with van der Waals surface area (Å²) in [6.45, 7) is 4.00. The molecule has 0 aliphatic heterocycles. The molecule has 0 radical (unpaired) electrons. The molecule has 4 nitrogen and oxygen atoms in total. The summed E-state index contributed by atoms with van der Waals surface area (Å²) in [7, 11) is -3.27. The normalized spacial score (nSPS) is 12.0. The van der Waals surface area contributed by atoms with Gasteiger partial charge < -0.3 is 0 Å². The molecule has 0 saturated heterocycles. The molecular formula is C8H12N2O2S. The predicted octanol–water partition coefficient (Wildman–Crippen LogP) is 1.00. The second-order valence-corrected chi connectivity index (χ2v) is 5.14. The van der Waals surface area contributed by atoms with E-state index in [0.29, 0.717) is 5.92 Å². The van der Waals surface area contributed by atoms with Crippen LogP contribution in [-0.4, -0.2) is 24.6 Å². The Morgan fingerprint density at radius 1 is 1.23 bits per heavy atom. The number of hydrogen-bond donors (Lipinski definition) is 0. The maximum Gasteiger partial charge on any atom is 0.246 e. The molecule has 0 bridgehead atoms. The van der Waals surface area contributed by atoms with Gasteiger partial charge in [-0.3, -0.25) is 0 Å². The molecule has 0 fully saturated rings. The van der Waals surface area contributed by atoms with Crippen LogP contribution in [0.4, 0.5) is 0 Å². The number of rotatable bonds is 2. The van der Waals surface area contributed by atoms with Crippen molar-refractivity contribution >= 4 is 9.84 Å². The molecule has 0 N–H and O–H groups in total. The van der Waals surface area contributed by atoms with Gasteiger partial charge in [0.2, 0.25) is 15.0 Å². The van der Waals surface area contributed by atoms with E-state index < -0.39 is 9.84 Å². The second-order valence-electron chi connectivity index (χ2n) is 3.23. The summed E-state index contributed by atoms with van der Waals surface area (Å²) in [6, 6.07) is 0. The third-order valence-corrected chi connectivity index (χ3v) is 2.52. The van der Waals surface area contributed by atoms with E-state index in [1.165, 1.54) is 0 Å². The van der Waals surface area contributed by atoms with Gasteiger partial charge in [0, 0.05) is 18.6 Å². The smallest absolute Gasteiger partial charge is 0.227 e. The van der Waals surface area contributed by atoms with Gasteiger partial charge in [0.25, 0.3) is 0 Å². The largest absolute Gasteiger partial charge is 0.246 e. The molecule has 72 valence electrons. The third-order valence-electron chi connectivity index (χ3n) is 1.65. The Bertz CT molecular complexity index is 381. The SMILES string of the molecule is CC(C)c1cnc(S(C)(=O)=O)nc1. The first-order valence-corrected chi connectivity index (χ1v) is 5.82. The van der Waals surface area contributed by atoms with Crippen LogP contribution in [0.5, 0.6) is 0 Å². The van der Waals surface area contributed by atoms with Crippen molar-refractivity contribution in [1.82, 2.24) is 9.97 Å². The zero-order valence-corrected chi connectivity index (χ0v) is 8.67. The molecule has 1 aromatic heterocycles. The Hall–Kier alpha value is -0.970. The summed E-state index contributed by atoms with van der Waals surface area (Å²) < 4.78 is 22.0. The molecule has 0 aromatic carbocycles. The highest BCUT2D eigenvalue weighted by Gasteiger charge is 2.10. The van der Waals surface area contributed by atoms with Crippen LogP contribution in [0.3, 0.4) is 0 Å². The van der Waals surface area contributed by atoms with Crippen LogP contribution in [0.2, 0.25) is 0 Å². The number of aromatic nitrogens is 2. The Morgan fingerprint density at radius 2 is 1.69 bits per heavy atom. The van der Waals surface area contributed by atoms with Gasteiger partial charge in [-0.25, -0.2) is 18.4 Å². The molecule has 5 heteroatoms. The van der Waals surface area contributed by atoms with Crippen molar-refractivity contribution in [1.29, 1.82) is 0 Å². The van der Waals surface area contributed by atoms with Gasteiger partial charge in [-0.2, -0.15) is 0 Å². The lowest BCUT2D eigenvalue weighted by Crippen LogP contribution is -2.04.